The summed E-state index contributed by atoms with van der Waals surface area (Å²) in [7, 11) is 0. The average molecular weight is 315 g/mol. The molecule has 0 unspecified atom stereocenters. The third kappa shape index (κ3) is 3.32. The van der Waals surface area contributed by atoms with Gasteiger partial charge in [0.15, 0.2) is 0 Å². The maximum absolute atomic E-state index is 11.9. The van der Waals surface area contributed by atoms with Gasteiger partial charge in [-0.25, -0.2) is 0 Å². The summed E-state index contributed by atoms with van der Waals surface area (Å²) in [6, 6.07) is 8.48. The van der Waals surface area contributed by atoms with E-state index in [4.69, 9.17) is 4.52 Å². The molecule has 0 radical (unpaired) electrons. The second-order valence-electron chi connectivity index (χ2n) is 4.59. The lowest BCUT2D eigenvalue weighted by Crippen LogP contribution is -2.12. The number of benzene rings is 1. The molecule has 1 amide bonds. The van der Waals surface area contributed by atoms with Gasteiger partial charge in [0.1, 0.15) is 5.75 Å². The monoisotopic (exact) mass is 315 g/mol. The highest BCUT2D eigenvalue weighted by atomic mass is 32.1. The Bertz CT molecular complexity index is 768. The number of carbonyl (C=O) groups is 1. The van der Waals surface area contributed by atoms with E-state index in [1.165, 1.54) is 6.07 Å². The number of amides is 1. The van der Waals surface area contributed by atoms with E-state index in [-0.39, 0.29) is 18.1 Å². The van der Waals surface area contributed by atoms with Crippen LogP contribution >= 0.6 is 11.3 Å². The van der Waals surface area contributed by atoms with E-state index < -0.39 is 0 Å². The number of carbonyl (C=O) groups excluding carboxylic acids is 1. The number of aromatic hydroxyl groups is 1. The van der Waals surface area contributed by atoms with Crippen LogP contribution in [0.25, 0.3) is 11.4 Å². The van der Waals surface area contributed by atoms with E-state index in [9.17, 15) is 9.90 Å². The van der Waals surface area contributed by atoms with Crippen molar-refractivity contribution >= 4 is 22.9 Å². The first-order chi connectivity index (χ1) is 10.7. The fourth-order valence-corrected chi connectivity index (χ4v) is 2.51. The molecule has 0 bridgehead atoms. The molecule has 2 heterocycles. The first-order valence-electron chi connectivity index (χ1n) is 6.65. The molecule has 1 aromatic carbocycles. The maximum atomic E-state index is 11.9. The lowest BCUT2D eigenvalue weighted by molar-refractivity contribution is -0.116. The number of phenols is 1. The number of anilines is 1. The zero-order chi connectivity index (χ0) is 15.4. The van der Waals surface area contributed by atoms with Gasteiger partial charge in [0.2, 0.25) is 17.6 Å². The quantitative estimate of drug-likeness (QED) is 0.706. The summed E-state index contributed by atoms with van der Waals surface area (Å²) in [5.74, 6) is 0.746. The normalized spacial score (nSPS) is 10.5. The van der Waals surface area contributed by atoms with Crippen LogP contribution in [0.5, 0.6) is 5.75 Å². The van der Waals surface area contributed by atoms with Crippen molar-refractivity contribution in [1.29, 1.82) is 0 Å². The van der Waals surface area contributed by atoms with Gasteiger partial charge in [-0.1, -0.05) is 17.3 Å². The van der Waals surface area contributed by atoms with Crippen LogP contribution in [-0.4, -0.2) is 21.2 Å². The van der Waals surface area contributed by atoms with E-state index >= 15 is 0 Å². The van der Waals surface area contributed by atoms with Crippen LogP contribution < -0.4 is 5.32 Å². The number of phenolic OH excluding ortho intramolecular Hbond substituents is 1. The molecular weight excluding hydrogens is 302 g/mol. The third-order valence-corrected chi connectivity index (χ3v) is 3.67. The highest BCUT2D eigenvalue weighted by Gasteiger charge is 2.11. The smallest absolute Gasteiger partial charge is 0.227 e. The van der Waals surface area contributed by atoms with Crippen LogP contribution in [0.2, 0.25) is 0 Å². The summed E-state index contributed by atoms with van der Waals surface area (Å²) in [5, 5.41) is 20.0. The lowest BCUT2D eigenvalue weighted by atomic mass is 10.2. The van der Waals surface area contributed by atoms with Crippen LogP contribution in [0.4, 0.5) is 5.69 Å². The zero-order valence-corrected chi connectivity index (χ0v) is 12.3. The summed E-state index contributed by atoms with van der Waals surface area (Å²) < 4.78 is 5.13. The number of hydrogen-bond acceptors (Lipinski definition) is 6. The summed E-state index contributed by atoms with van der Waals surface area (Å²) in [6.07, 6.45) is 0.538. The van der Waals surface area contributed by atoms with Gasteiger partial charge in [-0.15, -0.1) is 0 Å². The minimum absolute atomic E-state index is 0.0355. The number of nitrogens with zero attached hydrogens (tertiary/aromatic N) is 2. The number of aromatic nitrogens is 2. The highest BCUT2D eigenvalue weighted by Crippen LogP contribution is 2.22. The Morgan fingerprint density at radius 2 is 2.18 bits per heavy atom. The van der Waals surface area contributed by atoms with Gasteiger partial charge in [-0.2, -0.15) is 16.3 Å². The van der Waals surface area contributed by atoms with Gasteiger partial charge >= 0.3 is 0 Å². The first-order valence-corrected chi connectivity index (χ1v) is 7.59. The largest absolute Gasteiger partial charge is 0.506 e. The molecule has 0 aliphatic rings. The Morgan fingerprint density at radius 1 is 1.32 bits per heavy atom. The van der Waals surface area contributed by atoms with Gasteiger partial charge < -0.3 is 14.9 Å². The second-order valence-corrected chi connectivity index (χ2v) is 5.37. The summed E-state index contributed by atoms with van der Waals surface area (Å²) >= 11 is 1.56. The minimum atomic E-state index is -0.225. The molecule has 112 valence electrons. The van der Waals surface area contributed by atoms with Crippen molar-refractivity contribution in [2.75, 3.05) is 5.32 Å². The molecule has 0 spiro atoms. The summed E-state index contributed by atoms with van der Waals surface area (Å²) in [6.45, 7) is 0. The van der Waals surface area contributed by atoms with Gasteiger partial charge in [0.25, 0.3) is 0 Å². The number of rotatable bonds is 5. The SMILES string of the molecule is O=C(CCc1nc(-c2ccsc2)no1)Nc1ccccc1O. The number of para-hydroxylation sites is 2. The Kier molecular flexibility index (Phi) is 4.15. The molecular formula is C15H13N3O3S. The van der Waals surface area contributed by atoms with Crippen molar-refractivity contribution in [2.24, 2.45) is 0 Å². The maximum Gasteiger partial charge on any atom is 0.227 e. The Balaban J connectivity index is 1.56. The number of thiophene rings is 1. The Labute approximate surface area is 130 Å². The number of aryl methyl sites for hydroxylation is 1. The van der Waals surface area contributed by atoms with Crippen molar-refractivity contribution in [3.63, 3.8) is 0 Å². The van der Waals surface area contributed by atoms with Crippen LogP contribution in [0, 0.1) is 0 Å². The fraction of sp³-hybridized carbons (Fsp3) is 0.133. The average Bonchev–Trinajstić information content (AvgIpc) is 3.18. The topological polar surface area (TPSA) is 88.2 Å². The van der Waals surface area contributed by atoms with Gasteiger partial charge in [-0.3, -0.25) is 4.79 Å². The predicted molar refractivity (Wildman–Crippen MR) is 82.7 cm³/mol. The Hall–Kier alpha value is -2.67. The molecule has 2 aromatic heterocycles. The van der Waals surface area contributed by atoms with Gasteiger partial charge in [0.05, 0.1) is 5.69 Å². The van der Waals surface area contributed by atoms with Crippen LogP contribution in [0.3, 0.4) is 0 Å². The van der Waals surface area contributed by atoms with Crippen LogP contribution in [-0.2, 0) is 11.2 Å². The standard InChI is InChI=1S/C15H13N3O3S/c19-12-4-2-1-3-11(12)16-13(20)5-6-14-17-15(18-21-14)10-7-8-22-9-10/h1-4,7-9,19H,5-6H2,(H,16,20). The molecule has 2 N–H and O–H groups in total. The Morgan fingerprint density at radius 3 is 2.95 bits per heavy atom. The van der Waals surface area contributed by atoms with Crippen LogP contribution in [0.1, 0.15) is 12.3 Å². The summed E-state index contributed by atoms with van der Waals surface area (Å²) in [5.41, 5.74) is 1.29. The minimum Gasteiger partial charge on any atom is -0.506 e. The van der Waals surface area contributed by atoms with Gasteiger partial charge in [-0.05, 0) is 23.6 Å². The molecule has 0 saturated carbocycles. The summed E-state index contributed by atoms with van der Waals surface area (Å²) in [4.78, 5) is 16.1. The molecule has 0 aliphatic heterocycles. The molecule has 0 saturated heterocycles. The van der Waals surface area contributed by atoms with E-state index in [0.29, 0.717) is 23.8 Å². The molecule has 3 aromatic rings. The molecule has 3 rings (SSSR count). The van der Waals surface area contributed by atoms with Gasteiger partial charge in [0, 0.05) is 23.8 Å². The molecule has 0 fully saturated rings. The second kappa shape index (κ2) is 6.40. The highest BCUT2D eigenvalue weighted by molar-refractivity contribution is 7.08. The molecule has 0 atom stereocenters. The van der Waals surface area contributed by atoms with Crippen molar-refractivity contribution in [3.8, 4) is 17.1 Å². The van der Waals surface area contributed by atoms with Crippen molar-refractivity contribution in [1.82, 2.24) is 10.1 Å². The zero-order valence-electron chi connectivity index (χ0n) is 11.5. The first kappa shape index (κ1) is 14.3. The van der Waals surface area contributed by atoms with E-state index in [1.54, 1.807) is 29.5 Å². The van der Waals surface area contributed by atoms with Crippen molar-refractivity contribution in [3.05, 3.63) is 47.0 Å². The number of nitrogens with one attached hydrogen (secondary N) is 1. The van der Waals surface area contributed by atoms with Crippen molar-refractivity contribution < 1.29 is 14.4 Å². The van der Waals surface area contributed by atoms with Crippen LogP contribution in [0.15, 0.2) is 45.6 Å². The third-order valence-electron chi connectivity index (χ3n) is 2.99. The van der Waals surface area contributed by atoms with E-state index in [0.717, 1.165) is 5.56 Å². The predicted octanol–water partition coefficient (Wildman–Crippen LogP) is 3.08. The fourth-order valence-electron chi connectivity index (χ4n) is 1.88. The molecule has 22 heavy (non-hydrogen) atoms. The lowest BCUT2D eigenvalue weighted by Gasteiger charge is -2.05. The van der Waals surface area contributed by atoms with E-state index in [2.05, 4.69) is 15.5 Å². The molecule has 0 aliphatic carbocycles. The molecule has 7 heteroatoms. The van der Waals surface area contributed by atoms with E-state index in [1.807, 2.05) is 16.8 Å². The molecule has 6 nitrogen and oxygen atoms in total. The number of hydrogen-bond donors (Lipinski definition) is 2. The van der Waals surface area contributed by atoms with Crippen molar-refractivity contribution in [2.45, 2.75) is 12.8 Å².